The summed E-state index contributed by atoms with van der Waals surface area (Å²) in [6.07, 6.45) is 2.49. The lowest BCUT2D eigenvalue weighted by Crippen LogP contribution is -2.40. The third-order valence-corrected chi connectivity index (χ3v) is 4.03. The molecule has 1 aromatic carbocycles. The van der Waals surface area contributed by atoms with Crippen LogP contribution >= 0.6 is 24.8 Å². The van der Waals surface area contributed by atoms with Gasteiger partial charge in [-0.15, -0.1) is 24.8 Å². The number of benzene rings is 1. The van der Waals surface area contributed by atoms with Gasteiger partial charge in [-0.2, -0.15) is 0 Å². The minimum absolute atomic E-state index is 0. The van der Waals surface area contributed by atoms with Crippen molar-refractivity contribution in [2.75, 3.05) is 46.4 Å². The quantitative estimate of drug-likeness (QED) is 0.646. The maximum atomic E-state index is 11.9. The van der Waals surface area contributed by atoms with Gasteiger partial charge in [0.15, 0.2) is 0 Å². The van der Waals surface area contributed by atoms with Crippen LogP contribution in [-0.4, -0.2) is 57.2 Å². The topological polar surface area (TPSA) is 53.6 Å². The van der Waals surface area contributed by atoms with E-state index >= 15 is 0 Å². The Hall–Kier alpha value is -0.850. The van der Waals surface area contributed by atoms with Gasteiger partial charge in [0, 0.05) is 20.2 Å². The molecule has 24 heavy (non-hydrogen) atoms. The fourth-order valence-electron chi connectivity index (χ4n) is 2.84. The molecule has 1 heterocycles. The van der Waals surface area contributed by atoms with Crippen molar-refractivity contribution in [3.05, 3.63) is 35.9 Å². The summed E-state index contributed by atoms with van der Waals surface area (Å²) in [5, 5.41) is 6.12. The van der Waals surface area contributed by atoms with E-state index in [4.69, 9.17) is 4.74 Å². The summed E-state index contributed by atoms with van der Waals surface area (Å²) in [7, 11) is 1.66. The van der Waals surface area contributed by atoms with Crippen LogP contribution in [0.4, 0.5) is 0 Å². The molecule has 0 spiro atoms. The number of methoxy groups -OCH3 is 1. The smallest absolute Gasteiger partial charge is 0.234 e. The lowest BCUT2D eigenvalue weighted by molar-refractivity contribution is -0.120. The summed E-state index contributed by atoms with van der Waals surface area (Å²) < 4.78 is 4.95. The van der Waals surface area contributed by atoms with E-state index in [1.54, 1.807) is 7.11 Å². The van der Waals surface area contributed by atoms with Crippen molar-refractivity contribution in [1.29, 1.82) is 0 Å². The molecule has 0 aromatic heterocycles. The number of hydrogen-bond acceptors (Lipinski definition) is 4. The molecule has 5 nitrogen and oxygen atoms in total. The predicted molar refractivity (Wildman–Crippen MR) is 102 cm³/mol. The molecule has 2 rings (SSSR count). The Morgan fingerprint density at radius 2 is 1.88 bits per heavy atom. The SMILES string of the molecule is COCCNCC(=O)NCC(c1ccccc1)N1CCCC1.Cl.Cl. The highest BCUT2D eigenvalue weighted by molar-refractivity contribution is 5.85. The second-order valence-electron chi connectivity index (χ2n) is 5.64. The van der Waals surface area contributed by atoms with Crippen molar-refractivity contribution in [2.45, 2.75) is 18.9 Å². The Balaban J connectivity index is 0.00000264. The number of halogens is 2. The van der Waals surface area contributed by atoms with Crippen LogP contribution in [0.1, 0.15) is 24.4 Å². The van der Waals surface area contributed by atoms with Gasteiger partial charge in [-0.05, 0) is 31.5 Å². The number of carbonyl (C=O) groups is 1. The zero-order valence-electron chi connectivity index (χ0n) is 14.2. The van der Waals surface area contributed by atoms with Crippen LogP contribution < -0.4 is 10.6 Å². The molecule has 138 valence electrons. The lowest BCUT2D eigenvalue weighted by Gasteiger charge is -2.28. The Kier molecular flexibility index (Phi) is 13.0. The molecule has 1 saturated heterocycles. The highest BCUT2D eigenvalue weighted by atomic mass is 35.5. The van der Waals surface area contributed by atoms with Crippen molar-refractivity contribution in [2.24, 2.45) is 0 Å². The first kappa shape index (κ1) is 23.1. The van der Waals surface area contributed by atoms with Gasteiger partial charge >= 0.3 is 0 Å². The van der Waals surface area contributed by atoms with E-state index in [0.29, 0.717) is 26.2 Å². The molecule has 7 heteroatoms. The van der Waals surface area contributed by atoms with Gasteiger partial charge in [-0.3, -0.25) is 9.69 Å². The third kappa shape index (κ3) is 7.81. The first-order chi connectivity index (χ1) is 10.8. The van der Waals surface area contributed by atoms with E-state index in [2.05, 4.69) is 39.8 Å². The summed E-state index contributed by atoms with van der Waals surface area (Å²) in [4.78, 5) is 14.4. The first-order valence-electron chi connectivity index (χ1n) is 8.06. The third-order valence-electron chi connectivity index (χ3n) is 4.03. The molecule has 0 radical (unpaired) electrons. The second-order valence-corrected chi connectivity index (χ2v) is 5.64. The molecule has 0 aliphatic carbocycles. The molecule has 1 aromatic rings. The number of nitrogens with zero attached hydrogens (tertiary/aromatic N) is 1. The standard InChI is InChI=1S/C17H27N3O2.2ClH/c1-22-12-9-18-14-17(21)19-13-16(20-10-5-6-11-20)15-7-3-2-4-8-15;;/h2-4,7-8,16,18H,5-6,9-14H2,1H3,(H,19,21);2*1H. The number of hydrogen-bond donors (Lipinski definition) is 2. The molecule has 1 fully saturated rings. The average molecular weight is 378 g/mol. The Labute approximate surface area is 157 Å². The van der Waals surface area contributed by atoms with Gasteiger partial charge in [0.1, 0.15) is 0 Å². The van der Waals surface area contributed by atoms with Crippen LogP contribution in [-0.2, 0) is 9.53 Å². The minimum atomic E-state index is 0. The van der Waals surface area contributed by atoms with Gasteiger partial charge in [0.05, 0.1) is 19.2 Å². The molecule has 1 aliphatic heterocycles. The van der Waals surface area contributed by atoms with Crippen molar-refractivity contribution in [3.8, 4) is 0 Å². The van der Waals surface area contributed by atoms with Crippen LogP contribution in [0.2, 0.25) is 0 Å². The summed E-state index contributed by atoms with van der Waals surface area (Å²) in [6, 6.07) is 10.7. The van der Waals surface area contributed by atoms with Crippen LogP contribution in [0.5, 0.6) is 0 Å². The van der Waals surface area contributed by atoms with Gasteiger partial charge in [-0.1, -0.05) is 30.3 Å². The maximum Gasteiger partial charge on any atom is 0.234 e. The molecule has 0 saturated carbocycles. The van der Waals surface area contributed by atoms with Crippen molar-refractivity contribution < 1.29 is 9.53 Å². The highest BCUT2D eigenvalue weighted by Gasteiger charge is 2.23. The fraction of sp³-hybridized carbons (Fsp3) is 0.588. The van der Waals surface area contributed by atoms with Crippen molar-refractivity contribution in [3.63, 3.8) is 0 Å². The zero-order valence-corrected chi connectivity index (χ0v) is 15.8. The van der Waals surface area contributed by atoms with Gasteiger partial charge in [-0.25, -0.2) is 0 Å². The molecule has 1 unspecified atom stereocenters. The number of nitrogens with one attached hydrogen (secondary N) is 2. The number of carbonyl (C=O) groups excluding carboxylic acids is 1. The van der Waals surface area contributed by atoms with Crippen LogP contribution in [0.15, 0.2) is 30.3 Å². The molecule has 1 amide bonds. The zero-order chi connectivity index (χ0) is 15.6. The monoisotopic (exact) mass is 377 g/mol. The van der Waals surface area contributed by atoms with Gasteiger partial charge in [0.25, 0.3) is 0 Å². The Bertz CT molecular complexity index is 443. The second kappa shape index (κ2) is 13.4. The normalized spacial score (nSPS) is 15.2. The molecule has 1 aliphatic rings. The molecular weight excluding hydrogens is 349 g/mol. The predicted octanol–water partition coefficient (Wildman–Crippen LogP) is 2.02. The van der Waals surface area contributed by atoms with Gasteiger partial charge in [0.2, 0.25) is 5.91 Å². The number of ether oxygens (including phenoxy) is 1. The summed E-state index contributed by atoms with van der Waals surface area (Å²) in [5.41, 5.74) is 1.28. The van der Waals surface area contributed by atoms with E-state index < -0.39 is 0 Å². The largest absolute Gasteiger partial charge is 0.383 e. The first-order valence-corrected chi connectivity index (χ1v) is 8.06. The molecule has 0 bridgehead atoms. The van der Waals surface area contributed by atoms with Gasteiger partial charge < -0.3 is 15.4 Å². The average Bonchev–Trinajstić information content (AvgIpc) is 3.07. The lowest BCUT2D eigenvalue weighted by atomic mass is 10.1. The Morgan fingerprint density at radius 3 is 2.50 bits per heavy atom. The number of likely N-dealkylation sites (tertiary alicyclic amines) is 1. The summed E-state index contributed by atoms with van der Waals surface area (Å²) in [5.74, 6) is 0.0382. The molecule has 1 atom stereocenters. The minimum Gasteiger partial charge on any atom is -0.383 e. The van der Waals surface area contributed by atoms with E-state index in [9.17, 15) is 4.79 Å². The van der Waals surface area contributed by atoms with Crippen molar-refractivity contribution >= 4 is 30.7 Å². The number of rotatable bonds is 9. The Morgan fingerprint density at radius 1 is 1.21 bits per heavy atom. The molecule has 2 N–H and O–H groups in total. The van der Waals surface area contributed by atoms with E-state index in [0.717, 1.165) is 13.1 Å². The van der Waals surface area contributed by atoms with Crippen LogP contribution in [0.3, 0.4) is 0 Å². The van der Waals surface area contributed by atoms with Crippen molar-refractivity contribution in [1.82, 2.24) is 15.5 Å². The fourth-order valence-corrected chi connectivity index (χ4v) is 2.84. The summed E-state index contributed by atoms with van der Waals surface area (Å²) >= 11 is 0. The van der Waals surface area contributed by atoms with Crippen LogP contribution in [0, 0.1) is 0 Å². The number of amides is 1. The maximum absolute atomic E-state index is 11.9. The summed E-state index contributed by atoms with van der Waals surface area (Å²) in [6.45, 7) is 4.54. The van der Waals surface area contributed by atoms with Crippen LogP contribution in [0.25, 0.3) is 0 Å². The van der Waals surface area contributed by atoms with E-state index in [-0.39, 0.29) is 36.8 Å². The van der Waals surface area contributed by atoms with E-state index in [1.807, 2.05) is 6.07 Å². The van der Waals surface area contributed by atoms with E-state index in [1.165, 1.54) is 18.4 Å². The highest BCUT2D eigenvalue weighted by Crippen LogP contribution is 2.24. The molecular formula is C17H29Cl2N3O2.